The summed E-state index contributed by atoms with van der Waals surface area (Å²) >= 11 is 0. The van der Waals surface area contributed by atoms with Gasteiger partial charge < -0.3 is 19.9 Å². The van der Waals surface area contributed by atoms with Crippen molar-refractivity contribution in [2.75, 3.05) is 19.0 Å². The maximum atomic E-state index is 12.4. The van der Waals surface area contributed by atoms with Gasteiger partial charge in [0.25, 0.3) is 0 Å². The fraction of sp³-hybridized carbons (Fsp3) is 0.267. The number of nitrogens with one attached hydrogen (secondary N) is 2. The number of amides is 2. The minimum atomic E-state index is -0.481. The van der Waals surface area contributed by atoms with E-state index in [2.05, 4.69) is 15.3 Å². The molecule has 0 spiro atoms. The van der Waals surface area contributed by atoms with Crippen LogP contribution in [0, 0.1) is 0 Å². The summed E-state index contributed by atoms with van der Waals surface area (Å²) < 4.78 is 4.72. The SMILES string of the molecule is COC(=O)c1ccccc1NC(=O)N1CCc2nc[nH]c2C1. The summed E-state index contributed by atoms with van der Waals surface area (Å²) in [6, 6.07) is 6.52. The molecule has 1 aromatic carbocycles. The molecule has 0 saturated carbocycles. The van der Waals surface area contributed by atoms with Gasteiger partial charge in [0.2, 0.25) is 0 Å². The molecule has 0 fully saturated rings. The highest BCUT2D eigenvalue weighted by Gasteiger charge is 2.23. The Labute approximate surface area is 127 Å². The Hall–Kier alpha value is -2.83. The number of anilines is 1. The number of hydrogen-bond donors (Lipinski definition) is 2. The third kappa shape index (κ3) is 2.65. The van der Waals surface area contributed by atoms with Gasteiger partial charge >= 0.3 is 12.0 Å². The lowest BCUT2D eigenvalue weighted by atomic mass is 10.1. The Morgan fingerprint density at radius 1 is 1.36 bits per heavy atom. The Bertz CT molecular complexity index is 710. The summed E-state index contributed by atoms with van der Waals surface area (Å²) in [6.45, 7) is 1.06. The minimum Gasteiger partial charge on any atom is -0.465 e. The monoisotopic (exact) mass is 300 g/mol. The van der Waals surface area contributed by atoms with Gasteiger partial charge in [0.05, 0.1) is 42.6 Å². The topological polar surface area (TPSA) is 87.3 Å². The number of benzene rings is 1. The molecule has 0 saturated heterocycles. The normalized spacial score (nSPS) is 13.4. The fourth-order valence-electron chi connectivity index (χ4n) is 2.46. The van der Waals surface area contributed by atoms with Gasteiger partial charge in [-0.05, 0) is 12.1 Å². The number of rotatable bonds is 2. The largest absolute Gasteiger partial charge is 0.465 e. The maximum absolute atomic E-state index is 12.4. The number of urea groups is 1. The van der Waals surface area contributed by atoms with E-state index in [1.54, 1.807) is 35.5 Å². The van der Waals surface area contributed by atoms with Crippen molar-refractivity contribution < 1.29 is 14.3 Å². The Morgan fingerprint density at radius 3 is 3.00 bits per heavy atom. The van der Waals surface area contributed by atoms with Gasteiger partial charge in [-0.25, -0.2) is 14.6 Å². The van der Waals surface area contributed by atoms with Crippen molar-refractivity contribution in [3.8, 4) is 0 Å². The molecule has 2 heterocycles. The van der Waals surface area contributed by atoms with Crippen molar-refractivity contribution >= 4 is 17.7 Å². The number of carbonyl (C=O) groups excluding carboxylic acids is 2. The van der Waals surface area contributed by atoms with Crippen molar-refractivity contribution in [3.05, 3.63) is 47.5 Å². The highest BCUT2D eigenvalue weighted by molar-refractivity contribution is 6.00. The second-order valence-electron chi connectivity index (χ2n) is 4.97. The number of para-hydroxylation sites is 1. The molecule has 22 heavy (non-hydrogen) atoms. The Morgan fingerprint density at radius 2 is 2.18 bits per heavy atom. The number of nitrogens with zero attached hydrogens (tertiary/aromatic N) is 2. The van der Waals surface area contributed by atoms with E-state index in [4.69, 9.17) is 4.74 Å². The second kappa shape index (κ2) is 5.88. The van der Waals surface area contributed by atoms with Crippen LogP contribution in [0.1, 0.15) is 21.7 Å². The molecule has 1 aliphatic rings. The molecule has 3 rings (SSSR count). The van der Waals surface area contributed by atoms with Crippen molar-refractivity contribution in [2.24, 2.45) is 0 Å². The van der Waals surface area contributed by atoms with Gasteiger partial charge in [-0.15, -0.1) is 0 Å². The number of H-pyrrole nitrogens is 1. The lowest BCUT2D eigenvalue weighted by Crippen LogP contribution is -2.39. The predicted octanol–water partition coefficient (Wildman–Crippen LogP) is 1.79. The summed E-state index contributed by atoms with van der Waals surface area (Å²) in [5.41, 5.74) is 2.72. The van der Waals surface area contributed by atoms with Gasteiger partial charge in [0.15, 0.2) is 0 Å². The zero-order valence-corrected chi connectivity index (χ0v) is 12.1. The highest BCUT2D eigenvalue weighted by Crippen LogP contribution is 2.19. The molecule has 0 aliphatic carbocycles. The third-order valence-electron chi connectivity index (χ3n) is 3.64. The smallest absolute Gasteiger partial charge is 0.339 e. The molecule has 114 valence electrons. The van der Waals surface area contributed by atoms with Crippen molar-refractivity contribution in [1.29, 1.82) is 0 Å². The Kier molecular flexibility index (Phi) is 3.78. The number of imidazole rings is 1. The van der Waals surface area contributed by atoms with E-state index in [-0.39, 0.29) is 6.03 Å². The number of ether oxygens (including phenoxy) is 1. The van der Waals surface area contributed by atoms with Crippen LogP contribution < -0.4 is 5.32 Å². The lowest BCUT2D eigenvalue weighted by Gasteiger charge is -2.26. The van der Waals surface area contributed by atoms with Crippen molar-refractivity contribution in [3.63, 3.8) is 0 Å². The van der Waals surface area contributed by atoms with Crippen LogP contribution in [0.3, 0.4) is 0 Å². The van der Waals surface area contributed by atoms with Crippen LogP contribution in [0.25, 0.3) is 0 Å². The zero-order valence-electron chi connectivity index (χ0n) is 12.1. The van der Waals surface area contributed by atoms with Gasteiger partial charge in [-0.1, -0.05) is 12.1 Å². The van der Waals surface area contributed by atoms with E-state index in [0.29, 0.717) is 30.8 Å². The number of hydrogen-bond acceptors (Lipinski definition) is 4. The lowest BCUT2D eigenvalue weighted by molar-refractivity contribution is 0.0602. The van der Waals surface area contributed by atoms with Crippen LogP contribution in [0.5, 0.6) is 0 Å². The average Bonchev–Trinajstić information content (AvgIpc) is 3.02. The summed E-state index contributed by atoms with van der Waals surface area (Å²) in [6.07, 6.45) is 2.35. The van der Waals surface area contributed by atoms with E-state index in [1.807, 2.05) is 0 Å². The van der Waals surface area contributed by atoms with Gasteiger partial charge in [0.1, 0.15) is 0 Å². The molecule has 0 unspecified atom stereocenters. The van der Waals surface area contributed by atoms with Crippen LogP contribution in [0.15, 0.2) is 30.6 Å². The summed E-state index contributed by atoms with van der Waals surface area (Å²) in [5.74, 6) is -0.481. The van der Waals surface area contributed by atoms with Crippen LogP contribution in [-0.2, 0) is 17.7 Å². The second-order valence-corrected chi connectivity index (χ2v) is 4.97. The van der Waals surface area contributed by atoms with E-state index >= 15 is 0 Å². The number of carbonyl (C=O) groups is 2. The van der Waals surface area contributed by atoms with Gasteiger partial charge in [-0.2, -0.15) is 0 Å². The molecule has 7 heteroatoms. The van der Waals surface area contributed by atoms with E-state index in [0.717, 1.165) is 11.4 Å². The minimum absolute atomic E-state index is 0.253. The van der Waals surface area contributed by atoms with Gasteiger partial charge in [0, 0.05) is 13.0 Å². The average molecular weight is 300 g/mol. The number of methoxy groups -OCH3 is 1. The fourth-order valence-corrected chi connectivity index (χ4v) is 2.46. The first-order valence-electron chi connectivity index (χ1n) is 6.93. The van der Waals surface area contributed by atoms with Crippen molar-refractivity contribution in [1.82, 2.24) is 14.9 Å². The molecule has 0 atom stereocenters. The van der Waals surface area contributed by atoms with Crippen LogP contribution in [0.2, 0.25) is 0 Å². The summed E-state index contributed by atoms with van der Waals surface area (Å²) in [5, 5.41) is 2.77. The zero-order chi connectivity index (χ0) is 15.5. The first-order chi connectivity index (χ1) is 10.7. The van der Waals surface area contributed by atoms with E-state index in [1.165, 1.54) is 7.11 Å². The number of aromatic amines is 1. The number of esters is 1. The first kappa shape index (κ1) is 14.1. The molecule has 2 amide bonds. The quantitative estimate of drug-likeness (QED) is 0.828. The molecule has 1 aromatic heterocycles. The number of fused-ring (bicyclic) bond motifs is 1. The molecule has 1 aliphatic heterocycles. The third-order valence-corrected chi connectivity index (χ3v) is 3.64. The molecule has 0 radical (unpaired) electrons. The number of aromatic nitrogens is 2. The summed E-state index contributed by atoms with van der Waals surface area (Å²) in [4.78, 5) is 33.0. The van der Waals surface area contributed by atoms with Crippen LogP contribution in [-0.4, -0.2) is 40.5 Å². The highest BCUT2D eigenvalue weighted by atomic mass is 16.5. The molecule has 2 aromatic rings. The maximum Gasteiger partial charge on any atom is 0.339 e. The molecule has 7 nitrogen and oxygen atoms in total. The molecular formula is C15H16N4O3. The standard InChI is InChI=1S/C15H16N4O3/c1-22-14(20)10-4-2-3-5-11(10)18-15(21)19-7-6-12-13(8-19)17-9-16-12/h2-5,9H,6-8H2,1H3,(H,16,17)(H,18,21). The van der Waals surface area contributed by atoms with Crippen LogP contribution >= 0.6 is 0 Å². The van der Waals surface area contributed by atoms with Gasteiger partial charge in [-0.3, -0.25) is 0 Å². The molecule has 0 bridgehead atoms. The molecular weight excluding hydrogens is 284 g/mol. The van der Waals surface area contributed by atoms with Crippen LogP contribution in [0.4, 0.5) is 10.5 Å². The Balaban J connectivity index is 1.74. The first-order valence-corrected chi connectivity index (χ1v) is 6.93. The van der Waals surface area contributed by atoms with E-state index < -0.39 is 5.97 Å². The molecule has 2 N–H and O–H groups in total. The summed E-state index contributed by atoms with van der Waals surface area (Å²) in [7, 11) is 1.31. The van der Waals surface area contributed by atoms with Crippen molar-refractivity contribution in [2.45, 2.75) is 13.0 Å². The van der Waals surface area contributed by atoms with E-state index in [9.17, 15) is 9.59 Å². The predicted molar refractivity (Wildman–Crippen MR) is 79.5 cm³/mol.